The molecule has 0 aromatic carbocycles. The van der Waals surface area contributed by atoms with Crippen molar-refractivity contribution in [2.45, 2.75) is 38.1 Å². The van der Waals surface area contributed by atoms with Crippen molar-refractivity contribution >= 4 is 11.9 Å². The Morgan fingerprint density at radius 1 is 1.47 bits per heavy atom. The lowest BCUT2D eigenvalue weighted by Crippen LogP contribution is -2.38. The molecule has 0 atom stereocenters. The molecule has 0 aromatic rings. The summed E-state index contributed by atoms with van der Waals surface area (Å²) in [6, 6.07) is 0.593. The van der Waals surface area contributed by atoms with E-state index < -0.39 is 5.97 Å². The van der Waals surface area contributed by atoms with Gasteiger partial charge in [-0.25, -0.2) is 0 Å². The number of aliphatic imine (C=N–C) groups is 1. The minimum Gasteiger partial charge on any atom is -0.481 e. The Morgan fingerprint density at radius 2 is 2.20 bits per heavy atom. The van der Waals surface area contributed by atoms with E-state index in [1.165, 1.54) is 12.8 Å². The molecule has 1 aliphatic carbocycles. The van der Waals surface area contributed by atoms with Gasteiger partial charge in [0.15, 0.2) is 5.96 Å². The van der Waals surface area contributed by atoms with Gasteiger partial charge in [0.1, 0.15) is 0 Å². The number of guanidine groups is 1. The van der Waals surface area contributed by atoms with Gasteiger partial charge in [-0.1, -0.05) is 0 Å². The highest BCUT2D eigenvalue weighted by atomic mass is 16.4. The minimum absolute atomic E-state index is 0.246. The Hall–Kier alpha value is -1.26. The molecular weight excluding hydrogens is 194 g/mol. The summed E-state index contributed by atoms with van der Waals surface area (Å²) in [6.07, 6.45) is 4.26. The van der Waals surface area contributed by atoms with Gasteiger partial charge >= 0.3 is 5.97 Å². The van der Waals surface area contributed by atoms with E-state index in [2.05, 4.69) is 15.6 Å². The van der Waals surface area contributed by atoms with Gasteiger partial charge in [-0.15, -0.1) is 0 Å². The molecule has 0 radical (unpaired) electrons. The highest BCUT2D eigenvalue weighted by molar-refractivity contribution is 5.80. The van der Waals surface area contributed by atoms with Crippen LogP contribution in [0, 0.1) is 0 Å². The fourth-order valence-corrected chi connectivity index (χ4v) is 1.22. The SMILES string of the molecule is CN=C(NCCCCC(=O)O)NC1CC1. The molecular formula is C10H19N3O2. The number of aliphatic carboxylic acids is 1. The fourth-order valence-electron chi connectivity index (χ4n) is 1.22. The van der Waals surface area contributed by atoms with E-state index >= 15 is 0 Å². The zero-order chi connectivity index (χ0) is 11.1. The molecule has 0 bridgehead atoms. The second-order valence-electron chi connectivity index (χ2n) is 3.77. The van der Waals surface area contributed by atoms with Crippen molar-refractivity contribution in [2.75, 3.05) is 13.6 Å². The lowest BCUT2D eigenvalue weighted by molar-refractivity contribution is -0.137. The molecule has 0 saturated heterocycles. The largest absolute Gasteiger partial charge is 0.481 e. The standard InChI is InChI=1S/C10H19N3O2/c1-11-10(13-8-5-6-8)12-7-3-2-4-9(14)15/h8H,2-7H2,1H3,(H,14,15)(H2,11,12,13). The van der Waals surface area contributed by atoms with Crippen molar-refractivity contribution in [1.29, 1.82) is 0 Å². The van der Waals surface area contributed by atoms with Crippen LogP contribution in [0.3, 0.4) is 0 Å². The summed E-state index contributed by atoms with van der Waals surface area (Å²) in [6.45, 7) is 0.777. The number of rotatable bonds is 6. The zero-order valence-electron chi connectivity index (χ0n) is 9.12. The first kappa shape index (κ1) is 11.8. The molecule has 1 aliphatic rings. The molecule has 5 heteroatoms. The van der Waals surface area contributed by atoms with Crippen LogP contribution in [0.1, 0.15) is 32.1 Å². The lowest BCUT2D eigenvalue weighted by Gasteiger charge is -2.10. The van der Waals surface area contributed by atoms with Crippen LogP contribution in [-0.4, -0.2) is 36.7 Å². The van der Waals surface area contributed by atoms with Crippen molar-refractivity contribution in [3.63, 3.8) is 0 Å². The van der Waals surface area contributed by atoms with Crippen molar-refractivity contribution in [3.8, 4) is 0 Å². The van der Waals surface area contributed by atoms with Crippen molar-refractivity contribution in [3.05, 3.63) is 0 Å². The molecule has 3 N–H and O–H groups in total. The minimum atomic E-state index is -0.726. The molecule has 1 saturated carbocycles. The predicted molar refractivity (Wildman–Crippen MR) is 59.0 cm³/mol. The van der Waals surface area contributed by atoms with Gasteiger partial charge in [-0.3, -0.25) is 9.79 Å². The number of carboxylic acids is 1. The number of hydrogen-bond acceptors (Lipinski definition) is 2. The molecule has 5 nitrogen and oxygen atoms in total. The number of hydrogen-bond donors (Lipinski definition) is 3. The smallest absolute Gasteiger partial charge is 0.303 e. The van der Waals surface area contributed by atoms with E-state index in [0.29, 0.717) is 12.5 Å². The summed E-state index contributed by atoms with van der Waals surface area (Å²) in [4.78, 5) is 14.3. The molecule has 0 heterocycles. The first-order valence-electron chi connectivity index (χ1n) is 5.41. The first-order chi connectivity index (χ1) is 7.22. The van der Waals surface area contributed by atoms with Gasteiger partial charge in [0, 0.05) is 26.1 Å². The Balaban J connectivity index is 1.99. The van der Waals surface area contributed by atoms with E-state index in [4.69, 9.17) is 5.11 Å². The summed E-state index contributed by atoms with van der Waals surface area (Å²) in [7, 11) is 1.75. The maximum Gasteiger partial charge on any atom is 0.303 e. The van der Waals surface area contributed by atoms with E-state index in [9.17, 15) is 4.79 Å². The van der Waals surface area contributed by atoms with E-state index in [1.54, 1.807) is 7.05 Å². The monoisotopic (exact) mass is 213 g/mol. The average molecular weight is 213 g/mol. The van der Waals surface area contributed by atoms with Crippen molar-refractivity contribution in [2.24, 2.45) is 4.99 Å². The van der Waals surface area contributed by atoms with Gasteiger partial charge in [-0.05, 0) is 25.7 Å². The van der Waals surface area contributed by atoms with Crippen LogP contribution in [0.5, 0.6) is 0 Å². The summed E-state index contributed by atoms with van der Waals surface area (Å²) in [5, 5.41) is 14.9. The van der Waals surface area contributed by atoms with E-state index in [1.807, 2.05) is 0 Å². The van der Waals surface area contributed by atoms with E-state index in [-0.39, 0.29) is 6.42 Å². The third-order valence-corrected chi connectivity index (χ3v) is 2.25. The lowest BCUT2D eigenvalue weighted by atomic mass is 10.2. The van der Waals surface area contributed by atoms with Gasteiger partial charge in [0.2, 0.25) is 0 Å². The molecule has 0 amide bonds. The second-order valence-corrected chi connectivity index (χ2v) is 3.77. The molecule has 0 unspecified atom stereocenters. The van der Waals surface area contributed by atoms with E-state index in [0.717, 1.165) is 18.9 Å². The number of unbranched alkanes of at least 4 members (excludes halogenated alkanes) is 1. The Bertz CT molecular complexity index is 237. The van der Waals surface area contributed by atoms with Crippen LogP contribution in [0.15, 0.2) is 4.99 Å². The maximum atomic E-state index is 10.2. The van der Waals surface area contributed by atoms with Crippen LogP contribution >= 0.6 is 0 Å². The van der Waals surface area contributed by atoms with Crippen LogP contribution in [0.25, 0.3) is 0 Å². The van der Waals surface area contributed by atoms with Gasteiger partial charge in [-0.2, -0.15) is 0 Å². The van der Waals surface area contributed by atoms with Crippen molar-refractivity contribution in [1.82, 2.24) is 10.6 Å². The molecule has 86 valence electrons. The van der Waals surface area contributed by atoms with Crippen LogP contribution < -0.4 is 10.6 Å². The van der Waals surface area contributed by atoms with Crippen LogP contribution in [0.4, 0.5) is 0 Å². The molecule has 1 fully saturated rings. The number of carboxylic acid groups (broad SMARTS) is 1. The number of nitrogens with zero attached hydrogens (tertiary/aromatic N) is 1. The summed E-state index contributed by atoms with van der Waals surface area (Å²) < 4.78 is 0. The van der Waals surface area contributed by atoms with Crippen LogP contribution in [0.2, 0.25) is 0 Å². The Labute approximate surface area is 90.0 Å². The highest BCUT2D eigenvalue weighted by Gasteiger charge is 2.21. The number of nitrogens with one attached hydrogen (secondary N) is 2. The Kier molecular flexibility index (Phi) is 4.93. The average Bonchev–Trinajstić information content (AvgIpc) is 2.99. The van der Waals surface area contributed by atoms with Crippen LogP contribution in [-0.2, 0) is 4.79 Å². The van der Waals surface area contributed by atoms with Gasteiger partial charge < -0.3 is 15.7 Å². The second kappa shape index (κ2) is 6.27. The molecule has 0 aromatic heterocycles. The Morgan fingerprint density at radius 3 is 2.73 bits per heavy atom. The molecule has 15 heavy (non-hydrogen) atoms. The third-order valence-electron chi connectivity index (χ3n) is 2.25. The molecule has 1 rings (SSSR count). The molecule has 0 aliphatic heterocycles. The topological polar surface area (TPSA) is 73.7 Å². The van der Waals surface area contributed by atoms with Gasteiger partial charge in [0.05, 0.1) is 0 Å². The fraction of sp³-hybridized carbons (Fsp3) is 0.800. The summed E-state index contributed by atoms with van der Waals surface area (Å²) in [5.41, 5.74) is 0. The zero-order valence-corrected chi connectivity index (χ0v) is 9.12. The maximum absolute atomic E-state index is 10.2. The third kappa shape index (κ3) is 5.93. The predicted octanol–water partition coefficient (Wildman–Crippen LogP) is 0.569. The quantitative estimate of drug-likeness (QED) is 0.342. The molecule has 0 spiro atoms. The van der Waals surface area contributed by atoms with Gasteiger partial charge in [0.25, 0.3) is 0 Å². The highest BCUT2D eigenvalue weighted by Crippen LogP contribution is 2.18. The summed E-state index contributed by atoms with van der Waals surface area (Å²) >= 11 is 0. The summed E-state index contributed by atoms with van der Waals surface area (Å²) in [5.74, 6) is 0.100. The normalized spacial score (nSPS) is 16.2. The van der Waals surface area contributed by atoms with Crippen molar-refractivity contribution < 1.29 is 9.90 Å². The number of carbonyl (C=O) groups is 1. The first-order valence-corrected chi connectivity index (χ1v) is 5.41.